The molecule has 0 radical (unpaired) electrons. The molecule has 10 heteroatoms. The fraction of sp³-hybridized carbons (Fsp3) is 0.538. The average molecular weight is 508 g/mol. The number of aliphatic carboxylic acids is 4. The smallest absolute Gasteiger partial charge is 0.317 e. The van der Waals surface area contributed by atoms with Crippen molar-refractivity contribution in [2.24, 2.45) is 17.8 Å². The summed E-state index contributed by atoms with van der Waals surface area (Å²) < 4.78 is 0. The van der Waals surface area contributed by atoms with Crippen LogP contribution in [0.2, 0.25) is 0 Å². The van der Waals surface area contributed by atoms with Crippen molar-refractivity contribution < 1.29 is 44.7 Å². The molecule has 0 amide bonds. The maximum absolute atomic E-state index is 11.6. The van der Waals surface area contributed by atoms with E-state index >= 15 is 0 Å². The monoisotopic (exact) mass is 507 g/mol. The predicted molar refractivity (Wildman–Crippen MR) is 132 cm³/mol. The van der Waals surface area contributed by atoms with Crippen LogP contribution < -0.4 is 0 Å². The van der Waals surface area contributed by atoms with E-state index in [0.29, 0.717) is 6.42 Å². The molecule has 0 aliphatic carbocycles. The molecule has 0 saturated carbocycles. The number of hydrogen-bond acceptors (Lipinski definition) is 6. The van der Waals surface area contributed by atoms with Crippen LogP contribution in [0, 0.1) is 17.8 Å². The predicted octanol–water partition coefficient (Wildman–Crippen LogP) is 3.30. The minimum atomic E-state index is -1.13. The van der Waals surface area contributed by atoms with Crippen molar-refractivity contribution in [3.05, 3.63) is 47.7 Å². The quantitative estimate of drug-likeness (QED) is 0.175. The van der Waals surface area contributed by atoms with Crippen LogP contribution in [0.1, 0.15) is 50.2 Å². The summed E-state index contributed by atoms with van der Waals surface area (Å²) >= 11 is 0. The zero-order chi connectivity index (χ0) is 27.3. The zero-order valence-electron chi connectivity index (χ0n) is 20.6. The summed E-state index contributed by atoms with van der Waals surface area (Å²) in [6, 6.07) is 7.74. The third-order valence-corrected chi connectivity index (χ3v) is 6.19. The molecule has 1 rings (SSSR count). The van der Waals surface area contributed by atoms with E-state index in [9.17, 15) is 39.6 Å². The van der Waals surface area contributed by atoms with Gasteiger partial charge in [-0.05, 0) is 61.1 Å². The molecule has 0 fully saturated rings. The topological polar surface area (TPSA) is 173 Å². The summed E-state index contributed by atoms with van der Waals surface area (Å²) in [6.07, 6.45) is 0.798. The summed E-state index contributed by atoms with van der Waals surface area (Å²) in [6.45, 7) is 5.12. The molecule has 0 spiro atoms. The van der Waals surface area contributed by atoms with Gasteiger partial charge in [-0.15, -0.1) is 0 Å². The number of nitrogens with zero attached hydrogens (tertiary/aromatic N) is 1. The van der Waals surface area contributed by atoms with Gasteiger partial charge in [-0.3, -0.25) is 24.1 Å². The number of hydrogen-bond donors (Lipinski definition) is 5. The fourth-order valence-corrected chi connectivity index (χ4v) is 4.52. The lowest BCUT2D eigenvalue weighted by molar-refractivity contribution is -0.143. The second-order valence-corrected chi connectivity index (χ2v) is 9.25. The minimum absolute atomic E-state index is 0.0834. The van der Waals surface area contributed by atoms with Crippen LogP contribution in [0.15, 0.2) is 36.6 Å². The Hall–Kier alpha value is -3.40. The zero-order valence-corrected chi connectivity index (χ0v) is 20.6. The molecule has 2 atom stereocenters. The number of carbonyl (C=O) groups is 4. The molecule has 10 nitrogen and oxygen atoms in total. The van der Waals surface area contributed by atoms with Gasteiger partial charge in [-0.25, -0.2) is 0 Å². The van der Waals surface area contributed by atoms with Crippen molar-refractivity contribution in [1.82, 2.24) is 4.90 Å². The van der Waals surface area contributed by atoms with Gasteiger partial charge >= 0.3 is 23.9 Å². The van der Waals surface area contributed by atoms with Crippen LogP contribution in [0.25, 0.3) is 0 Å². The Morgan fingerprint density at radius 1 is 0.778 bits per heavy atom. The molecule has 2 unspecified atom stereocenters. The summed E-state index contributed by atoms with van der Waals surface area (Å²) in [7, 11) is 0. The molecule has 0 aliphatic rings. The molecule has 36 heavy (non-hydrogen) atoms. The Kier molecular flexibility index (Phi) is 13.2. The van der Waals surface area contributed by atoms with Crippen LogP contribution in [0.5, 0.6) is 0 Å². The summed E-state index contributed by atoms with van der Waals surface area (Å²) in [5.41, 5.74) is 2.02. The highest BCUT2D eigenvalue weighted by molar-refractivity contribution is 5.71. The highest BCUT2D eigenvalue weighted by Gasteiger charge is 2.30. The van der Waals surface area contributed by atoms with E-state index in [0.717, 1.165) is 17.5 Å². The van der Waals surface area contributed by atoms with E-state index in [1.54, 1.807) is 0 Å². The number of carboxylic acid groups (broad SMARTS) is 4. The lowest BCUT2D eigenvalue weighted by Gasteiger charge is -2.30. The Labute approximate surface area is 210 Å². The van der Waals surface area contributed by atoms with Gasteiger partial charge in [0.05, 0.1) is 18.8 Å². The van der Waals surface area contributed by atoms with E-state index in [4.69, 9.17) is 5.11 Å². The Bertz CT molecular complexity index is 865. The van der Waals surface area contributed by atoms with Crippen molar-refractivity contribution in [2.75, 3.05) is 19.6 Å². The normalized spacial score (nSPS) is 12.9. The van der Waals surface area contributed by atoms with Crippen molar-refractivity contribution in [2.45, 2.75) is 51.9 Å². The minimum Gasteiger partial charge on any atom is -0.512 e. The first kappa shape index (κ1) is 30.6. The first-order valence-electron chi connectivity index (χ1n) is 11.9. The second-order valence-electron chi connectivity index (χ2n) is 9.25. The van der Waals surface area contributed by atoms with E-state index < -0.39 is 41.6 Å². The molecular formula is C26H37NO9. The largest absolute Gasteiger partial charge is 0.512 e. The van der Waals surface area contributed by atoms with Gasteiger partial charge in [0, 0.05) is 19.3 Å². The Morgan fingerprint density at radius 2 is 1.31 bits per heavy atom. The maximum Gasteiger partial charge on any atom is 0.317 e. The van der Waals surface area contributed by atoms with Crippen molar-refractivity contribution in [3.63, 3.8) is 0 Å². The summed E-state index contributed by atoms with van der Waals surface area (Å²) in [4.78, 5) is 47.3. The third-order valence-electron chi connectivity index (χ3n) is 6.19. The highest BCUT2D eigenvalue weighted by atomic mass is 16.4. The molecule has 1 aromatic rings. The number of carboxylic acids is 4. The lowest BCUT2D eigenvalue weighted by Crippen LogP contribution is -2.34. The Balaban J connectivity index is 3.20. The van der Waals surface area contributed by atoms with Gasteiger partial charge in [0.2, 0.25) is 0 Å². The summed E-state index contributed by atoms with van der Waals surface area (Å²) in [5.74, 6) is -6.24. The average Bonchev–Trinajstić information content (AvgIpc) is 2.75. The second kappa shape index (κ2) is 15.6. The third kappa shape index (κ3) is 12.9. The fourth-order valence-electron chi connectivity index (χ4n) is 4.52. The molecule has 0 heterocycles. The van der Waals surface area contributed by atoms with Crippen LogP contribution in [0.3, 0.4) is 0 Å². The van der Waals surface area contributed by atoms with Crippen LogP contribution in [0.4, 0.5) is 0 Å². The molecule has 5 N–H and O–H groups in total. The van der Waals surface area contributed by atoms with Gasteiger partial charge in [0.15, 0.2) is 0 Å². The van der Waals surface area contributed by atoms with Crippen LogP contribution in [-0.2, 0) is 32.0 Å². The standard InChI is InChI=1S/C26H37NO9/c1-3-18-4-6-19(7-5-18)10-21(22(13-24(31)32)14-25(33)34)11-20(12-23(29)30)8-9-27(15-17(2)28)16-26(35)36/h4-7,20-22,28H,2-3,8-16H2,1H3,(H,29,30)(H,31,32)(H,33,34)(H,35,36). The van der Waals surface area contributed by atoms with E-state index in [1.807, 2.05) is 31.2 Å². The molecule has 0 aliphatic heterocycles. The van der Waals surface area contributed by atoms with Gasteiger partial charge < -0.3 is 25.5 Å². The van der Waals surface area contributed by atoms with Crippen molar-refractivity contribution in [1.29, 1.82) is 0 Å². The van der Waals surface area contributed by atoms with Crippen molar-refractivity contribution >= 4 is 23.9 Å². The van der Waals surface area contributed by atoms with Gasteiger partial charge in [-0.1, -0.05) is 37.8 Å². The first-order valence-corrected chi connectivity index (χ1v) is 11.9. The number of aryl methyl sites for hydroxylation is 1. The lowest BCUT2D eigenvalue weighted by atomic mass is 9.76. The van der Waals surface area contributed by atoms with E-state index in [1.165, 1.54) is 4.90 Å². The van der Waals surface area contributed by atoms with Gasteiger partial charge in [-0.2, -0.15) is 0 Å². The first-order chi connectivity index (χ1) is 16.9. The molecule has 0 saturated heterocycles. The van der Waals surface area contributed by atoms with Crippen LogP contribution >= 0.6 is 0 Å². The van der Waals surface area contributed by atoms with Gasteiger partial charge in [0.25, 0.3) is 0 Å². The molecule has 200 valence electrons. The molecule has 0 aromatic heterocycles. The summed E-state index contributed by atoms with van der Waals surface area (Å²) in [5, 5.41) is 47.0. The number of aliphatic hydroxyl groups excluding tert-OH is 1. The van der Waals surface area contributed by atoms with Crippen LogP contribution in [-0.4, -0.2) is 73.9 Å². The number of aliphatic hydroxyl groups is 1. The molecule has 0 bridgehead atoms. The molecular weight excluding hydrogens is 470 g/mol. The van der Waals surface area contributed by atoms with E-state index in [2.05, 4.69) is 6.58 Å². The number of rotatable bonds is 19. The maximum atomic E-state index is 11.6. The number of benzene rings is 1. The highest BCUT2D eigenvalue weighted by Crippen LogP contribution is 2.32. The van der Waals surface area contributed by atoms with Gasteiger partial charge in [0.1, 0.15) is 0 Å². The SMILES string of the molecule is C=C(O)CN(CCC(CC(=O)O)CC(Cc1ccc(CC)cc1)C(CC(=O)O)CC(=O)O)CC(=O)O. The van der Waals surface area contributed by atoms with E-state index in [-0.39, 0.29) is 57.5 Å². The molecule has 1 aromatic carbocycles. The van der Waals surface area contributed by atoms with Crippen molar-refractivity contribution in [3.8, 4) is 0 Å². The Morgan fingerprint density at radius 3 is 1.75 bits per heavy atom.